The van der Waals surface area contributed by atoms with E-state index in [4.69, 9.17) is 5.73 Å². The first-order chi connectivity index (χ1) is 12.2. The van der Waals surface area contributed by atoms with E-state index in [1.165, 1.54) is 11.3 Å². The smallest absolute Gasteiger partial charge is 0.199 e. The fourth-order valence-corrected chi connectivity index (χ4v) is 3.33. The Balaban J connectivity index is 1.69. The van der Waals surface area contributed by atoms with Crippen molar-refractivity contribution in [2.45, 2.75) is 0 Å². The number of nitrogens with two attached hydrogens (primary N) is 1. The number of rotatable bonds is 3. The van der Waals surface area contributed by atoms with Crippen molar-refractivity contribution in [1.82, 2.24) is 10.3 Å². The number of benzene rings is 2. The molecule has 7 heteroatoms. The number of hydrogen-bond donors (Lipinski definition) is 4. The van der Waals surface area contributed by atoms with E-state index >= 15 is 0 Å². The summed E-state index contributed by atoms with van der Waals surface area (Å²) in [5, 5.41) is 16.5. The molecule has 0 spiro atoms. The molecule has 5 N–H and O–H groups in total. The standard InChI is InChI=1S/C18H15N5OS/c19-17-21-14(10-11-6-8-13(24)9-7-11)15-16(22-17)23-18(25-15)20-12-4-2-1-3-5-12/h1-10,24H,(H,20,23)(H3,19,21,22)/b14-10-. The van der Waals surface area contributed by atoms with Crippen molar-refractivity contribution in [3.8, 4) is 5.75 Å². The molecule has 1 aliphatic heterocycles. The van der Waals surface area contributed by atoms with E-state index < -0.39 is 0 Å². The highest BCUT2D eigenvalue weighted by molar-refractivity contribution is 7.17. The third-order valence-corrected chi connectivity index (χ3v) is 4.57. The van der Waals surface area contributed by atoms with Crippen LogP contribution in [0.3, 0.4) is 0 Å². The topological polar surface area (TPSA) is 95.6 Å². The van der Waals surface area contributed by atoms with Gasteiger partial charge in [-0.1, -0.05) is 41.7 Å². The van der Waals surface area contributed by atoms with Gasteiger partial charge in [-0.15, -0.1) is 0 Å². The van der Waals surface area contributed by atoms with Gasteiger partial charge in [0.25, 0.3) is 0 Å². The van der Waals surface area contributed by atoms with Crippen LogP contribution in [0, 0.1) is 0 Å². The van der Waals surface area contributed by atoms with Crippen LogP contribution in [0.4, 0.5) is 16.6 Å². The van der Waals surface area contributed by atoms with Crippen LogP contribution in [0.15, 0.2) is 59.6 Å². The van der Waals surface area contributed by atoms with Crippen molar-refractivity contribution in [3.05, 3.63) is 65.0 Å². The van der Waals surface area contributed by atoms with Gasteiger partial charge in [-0.3, -0.25) is 0 Å². The molecule has 0 radical (unpaired) electrons. The van der Waals surface area contributed by atoms with Crippen molar-refractivity contribution in [2.75, 3.05) is 5.32 Å². The first-order valence-electron chi connectivity index (χ1n) is 7.62. The fraction of sp³-hybridized carbons (Fsp3) is 0. The number of hydrogen-bond acceptors (Lipinski definition) is 7. The van der Waals surface area contributed by atoms with Crippen LogP contribution in [0.25, 0.3) is 11.8 Å². The van der Waals surface area contributed by atoms with Crippen LogP contribution < -0.4 is 16.4 Å². The maximum Gasteiger partial charge on any atom is 0.199 e. The minimum atomic E-state index is 0.229. The van der Waals surface area contributed by atoms with Crippen molar-refractivity contribution in [1.29, 1.82) is 0 Å². The number of phenols is 1. The zero-order chi connectivity index (χ0) is 17.2. The third kappa shape index (κ3) is 3.31. The molecule has 124 valence electrons. The van der Waals surface area contributed by atoms with Crippen LogP contribution in [0.1, 0.15) is 10.4 Å². The number of thiazole rings is 1. The molecule has 0 atom stereocenters. The number of nitrogens with one attached hydrogen (secondary N) is 2. The van der Waals surface area contributed by atoms with E-state index in [9.17, 15) is 5.11 Å². The lowest BCUT2D eigenvalue weighted by molar-refractivity contribution is 0.475. The van der Waals surface area contributed by atoms with Crippen molar-refractivity contribution >= 4 is 45.7 Å². The lowest BCUT2D eigenvalue weighted by Gasteiger charge is -2.13. The highest BCUT2D eigenvalue weighted by Crippen LogP contribution is 2.37. The van der Waals surface area contributed by atoms with E-state index in [1.807, 2.05) is 48.5 Å². The highest BCUT2D eigenvalue weighted by Gasteiger charge is 2.20. The molecule has 0 fully saturated rings. The molecule has 25 heavy (non-hydrogen) atoms. The number of aromatic nitrogens is 1. The molecule has 0 amide bonds. The quantitative estimate of drug-likeness (QED) is 0.579. The summed E-state index contributed by atoms with van der Waals surface area (Å²) in [6, 6.07) is 16.8. The number of nitrogens with zero attached hydrogens (tertiary/aromatic N) is 2. The van der Waals surface area contributed by atoms with Crippen molar-refractivity contribution < 1.29 is 5.11 Å². The van der Waals surface area contributed by atoms with Gasteiger partial charge in [0.1, 0.15) is 5.75 Å². The summed E-state index contributed by atoms with van der Waals surface area (Å²) >= 11 is 1.50. The molecule has 6 nitrogen and oxygen atoms in total. The second-order valence-corrected chi connectivity index (χ2v) is 6.43. The van der Waals surface area contributed by atoms with Crippen LogP contribution >= 0.6 is 11.3 Å². The number of aromatic hydroxyl groups is 1. The molecule has 0 saturated heterocycles. The number of aliphatic imine (C=N–C) groups is 1. The Morgan fingerprint density at radius 1 is 1.08 bits per heavy atom. The summed E-state index contributed by atoms with van der Waals surface area (Å²) in [4.78, 5) is 9.70. The summed E-state index contributed by atoms with van der Waals surface area (Å²) in [7, 11) is 0. The fourth-order valence-electron chi connectivity index (χ4n) is 2.44. The zero-order valence-electron chi connectivity index (χ0n) is 13.1. The molecule has 1 aromatic heterocycles. The average Bonchev–Trinajstić information content (AvgIpc) is 3.00. The number of fused-ring (bicyclic) bond motifs is 1. The molecule has 2 heterocycles. The first kappa shape index (κ1) is 15.2. The third-order valence-electron chi connectivity index (χ3n) is 3.57. The van der Waals surface area contributed by atoms with Gasteiger partial charge < -0.3 is 21.5 Å². The summed E-state index contributed by atoms with van der Waals surface area (Å²) in [5.74, 6) is 1.12. The lowest BCUT2D eigenvalue weighted by atomic mass is 10.1. The van der Waals surface area contributed by atoms with Gasteiger partial charge in [0.05, 0.1) is 10.6 Å². The molecule has 0 saturated carbocycles. The molecular formula is C18H15N5OS. The second kappa shape index (κ2) is 6.29. The molecule has 0 unspecified atom stereocenters. The monoisotopic (exact) mass is 349 g/mol. The molecule has 2 aromatic carbocycles. The summed E-state index contributed by atoms with van der Waals surface area (Å²) in [6.07, 6.45) is 1.95. The van der Waals surface area contributed by atoms with Gasteiger partial charge in [0.2, 0.25) is 0 Å². The Kier molecular flexibility index (Phi) is 3.83. The molecule has 4 rings (SSSR count). The normalized spacial score (nSPS) is 14.6. The minimum absolute atomic E-state index is 0.229. The number of anilines is 2. The maximum absolute atomic E-state index is 9.41. The first-order valence-corrected chi connectivity index (χ1v) is 8.44. The van der Waals surface area contributed by atoms with Crippen LogP contribution in [-0.2, 0) is 0 Å². The Bertz CT molecular complexity index is 961. The summed E-state index contributed by atoms with van der Waals surface area (Å²) in [5.41, 5.74) is 8.61. The second-order valence-electron chi connectivity index (χ2n) is 5.43. The molecular weight excluding hydrogens is 334 g/mol. The maximum atomic E-state index is 9.41. The van der Waals surface area contributed by atoms with Crippen LogP contribution in [0.2, 0.25) is 0 Å². The van der Waals surface area contributed by atoms with Gasteiger partial charge in [-0.2, -0.15) is 9.98 Å². The van der Waals surface area contributed by atoms with E-state index in [1.54, 1.807) is 12.1 Å². The average molecular weight is 349 g/mol. The lowest BCUT2D eigenvalue weighted by Crippen LogP contribution is -2.31. The van der Waals surface area contributed by atoms with E-state index in [0.29, 0.717) is 11.8 Å². The molecule has 0 aliphatic carbocycles. The van der Waals surface area contributed by atoms with Crippen molar-refractivity contribution in [2.24, 2.45) is 10.7 Å². The van der Waals surface area contributed by atoms with E-state index in [0.717, 1.165) is 27.0 Å². The minimum Gasteiger partial charge on any atom is -0.508 e. The predicted octanol–water partition coefficient (Wildman–Crippen LogP) is 3.64. The number of para-hydroxylation sites is 1. The molecule has 3 aromatic rings. The summed E-state index contributed by atoms with van der Waals surface area (Å²) < 4.78 is 0. The van der Waals surface area contributed by atoms with Gasteiger partial charge in [-0.05, 0) is 35.9 Å². The Hall–Kier alpha value is -3.32. The molecule has 1 aliphatic rings. The van der Waals surface area contributed by atoms with Crippen LogP contribution in [0.5, 0.6) is 5.75 Å². The Labute approximate surface area is 148 Å². The van der Waals surface area contributed by atoms with Crippen molar-refractivity contribution in [3.63, 3.8) is 0 Å². The van der Waals surface area contributed by atoms with Crippen LogP contribution in [-0.4, -0.2) is 16.1 Å². The molecule has 0 bridgehead atoms. The van der Waals surface area contributed by atoms with E-state index in [2.05, 4.69) is 20.6 Å². The zero-order valence-corrected chi connectivity index (χ0v) is 13.9. The number of guanidine groups is 1. The number of phenolic OH excluding ortho intramolecular Hbond substituents is 1. The SMILES string of the molecule is NC1=Nc2nc(Nc3ccccc3)sc2/C(=C/c2ccc(O)cc2)N1. The highest BCUT2D eigenvalue weighted by atomic mass is 32.1. The summed E-state index contributed by atoms with van der Waals surface area (Å²) in [6.45, 7) is 0. The van der Waals surface area contributed by atoms with Gasteiger partial charge in [-0.25, -0.2) is 0 Å². The van der Waals surface area contributed by atoms with Gasteiger partial charge >= 0.3 is 0 Å². The Morgan fingerprint density at radius 2 is 1.84 bits per heavy atom. The van der Waals surface area contributed by atoms with Gasteiger partial charge in [0, 0.05) is 5.69 Å². The van der Waals surface area contributed by atoms with E-state index in [-0.39, 0.29) is 5.75 Å². The largest absolute Gasteiger partial charge is 0.508 e. The predicted molar refractivity (Wildman–Crippen MR) is 102 cm³/mol. The Morgan fingerprint density at radius 3 is 2.60 bits per heavy atom. The van der Waals surface area contributed by atoms with Gasteiger partial charge in [0.15, 0.2) is 16.9 Å².